The van der Waals surface area contributed by atoms with Gasteiger partial charge in [-0.25, -0.2) is 0 Å². The molecule has 0 aliphatic rings. The molecule has 2 aromatic carbocycles. The van der Waals surface area contributed by atoms with Crippen molar-refractivity contribution in [3.8, 4) is 6.07 Å². The fraction of sp³-hybridized carbons (Fsp3) is 0.0556. The number of benzene rings is 2. The first-order valence-electron chi connectivity index (χ1n) is 7.15. The van der Waals surface area contributed by atoms with Crippen LogP contribution in [-0.2, 0) is 9.59 Å². The molecule has 0 radical (unpaired) electrons. The van der Waals surface area contributed by atoms with Gasteiger partial charge in [-0.05, 0) is 42.0 Å². The fourth-order valence-electron chi connectivity index (χ4n) is 1.96. The number of hydrogen-bond acceptors (Lipinski definition) is 3. The molecular formula is C18H13Cl2N3O2. The molecule has 2 N–H and O–H groups in total. The molecule has 0 saturated heterocycles. The van der Waals surface area contributed by atoms with E-state index in [0.29, 0.717) is 22.0 Å². The Kier molecular flexibility index (Phi) is 6.18. The molecule has 0 bridgehead atoms. The Labute approximate surface area is 154 Å². The Bertz CT molecular complexity index is 884. The van der Waals surface area contributed by atoms with Crippen LogP contribution < -0.4 is 10.6 Å². The van der Waals surface area contributed by atoms with Crippen LogP contribution in [0, 0.1) is 11.3 Å². The molecule has 7 heteroatoms. The van der Waals surface area contributed by atoms with Gasteiger partial charge >= 0.3 is 0 Å². The Morgan fingerprint density at radius 2 is 1.76 bits per heavy atom. The molecule has 0 saturated carbocycles. The van der Waals surface area contributed by atoms with E-state index >= 15 is 0 Å². The van der Waals surface area contributed by atoms with Crippen molar-refractivity contribution in [2.24, 2.45) is 0 Å². The average Bonchev–Trinajstić information content (AvgIpc) is 2.56. The molecule has 0 atom stereocenters. The summed E-state index contributed by atoms with van der Waals surface area (Å²) in [7, 11) is 0. The number of nitriles is 1. The molecule has 0 aliphatic carbocycles. The van der Waals surface area contributed by atoms with Crippen LogP contribution in [0.5, 0.6) is 0 Å². The second-order valence-corrected chi connectivity index (χ2v) is 5.89. The summed E-state index contributed by atoms with van der Waals surface area (Å²) < 4.78 is 0. The SMILES string of the molecule is CC(=O)Nc1ccc(/C=C(\C#N)C(=O)Nc2ccc(Cl)cc2Cl)cc1. The summed E-state index contributed by atoms with van der Waals surface area (Å²) in [6.45, 7) is 1.41. The van der Waals surface area contributed by atoms with Crippen molar-refractivity contribution in [2.75, 3.05) is 10.6 Å². The molecular weight excluding hydrogens is 361 g/mol. The summed E-state index contributed by atoms with van der Waals surface area (Å²) in [6.07, 6.45) is 1.44. The second-order valence-electron chi connectivity index (χ2n) is 5.05. The molecule has 0 aromatic heterocycles. The number of nitrogens with one attached hydrogen (secondary N) is 2. The molecule has 0 aliphatic heterocycles. The van der Waals surface area contributed by atoms with Crippen molar-refractivity contribution in [3.63, 3.8) is 0 Å². The number of carbonyl (C=O) groups excluding carboxylic acids is 2. The predicted molar refractivity (Wildman–Crippen MR) is 99.4 cm³/mol. The maximum absolute atomic E-state index is 12.2. The summed E-state index contributed by atoms with van der Waals surface area (Å²) in [5.41, 5.74) is 1.54. The van der Waals surface area contributed by atoms with Gasteiger partial charge in [-0.3, -0.25) is 9.59 Å². The molecule has 0 unspecified atom stereocenters. The van der Waals surface area contributed by atoms with E-state index in [9.17, 15) is 14.9 Å². The number of rotatable bonds is 4. The van der Waals surface area contributed by atoms with E-state index in [4.69, 9.17) is 23.2 Å². The summed E-state index contributed by atoms with van der Waals surface area (Å²) in [6, 6.07) is 13.2. The van der Waals surface area contributed by atoms with Crippen molar-refractivity contribution in [1.29, 1.82) is 5.26 Å². The summed E-state index contributed by atoms with van der Waals surface area (Å²) in [4.78, 5) is 23.2. The average molecular weight is 374 g/mol. The highest BCUT2D eigenvalue weighted by molar-refractivity contribution is 6.36. The van der Waals surface area contributed by atoms with Gasteiger partial charge in [0.05, 0.1) is 10.7 Å². The van der Waals surface area contributed by atoms with Gasteiger partial charge in [0.15, 0.2) is 0 Å². The molecule has 2 aromatic rings. The maximum atomic E-state index is 12.2. The van der Waals surface area contributed by atoms with Gasteiger partial charge in [-0.2, -0.15) is 5.26 Å². The minimum absolute atomic E-state index is 0.0849. The van der Waals surface area contributed by atoms with E-state index in [1.807, 2.05) is 6.07 Å². The molecule has 0 heterocycles. The van der Waals surface area contributed by atoms with E-state index < -0.39 is 5.91 Å². The standard InChI is InChI=1S/C18H13Cl2N3O2/c1-11(24)22-15-5-2-12(3-6-15)8-13(10-21)18(25)23-17-7-4-14(19)9-16(17)20/h2-9H,1H3,(H,22,24)(H,23,25)/b13-8+. The van der Waals surface area contributed by atoms with Crippen molar-refractivity contribution < 1.29 is 9.59 Å². The largest absolute Gasteiger partial charge is 0.326 e. The van der Waals surface area contributed by atoms with E-state index in [2.05, 4.69) is 10.6 Å². The highest BCUT2D eigenvalue weighted by Gasteiger charge is 2.11. The third-order valence-electron chi connectivity index (χ3n) is 3.09. The second kappa shape index (κ2) is 8.34. The zero-order chi connectivity index (χ0) is 18.4. The van der Waals surface area contributed by atoms with Crippen LogP contribution in [0.15, 0.2) is 48.0 Å². The van der Waals surface area contributed by atoms with Crippen LogP contribution in [0.4, 0.5) is 11.4 Å². The molecule has 25 heavy (non-hydrogen) atoms. The van der Waals surface area contributed by atoms with Gasteiger partial charge in [-0.15, -0.1) is 0 Å². The third kappa shape index (κ3) is 5.35. The normalized spacial score (nSPS) is 10.7. The van der Waals surface area contributed by atoms with Crippen LogP contribution in [0.25, 0.3) is 6.08 Å². The lowest BCUT2D eigenvalue weighted by Crippen LogP contribution is -2.13. The highest BCUT2D eigenvalue weighted by atomic mass is 35.5. The van der Waals surface area contributed by atoms with Gasteiger partial charge in [0.25, 0.3) is 5.91 Å². The summed E-state index contributed by atoms with van der Waals surface area (Å²) in [5, 5.41) is 15.2. The summed E-state index contributed by atoms with van der Waals surface area (Å²) in [5.74, 6) is -0.766. The van der Waals surface area contributed by atoms with Crippen molar-refractivity contribution in [1.82, 2.24) is 0 Å². The molecule has 0 fully saturated rings. The Hall–Kier alpha value is -2.81. The molecule has 2 rings (SSSR count). The first kappa shape index (κ1) is 18.5. The Balaban J connectivity index is 2.17. The van der Waals surface area contributed by atoms with Crippen LogP contribution in [-0.4, -0.2) is 11.8 Å². The minimum atomic E-state index is -0.586. The Morgan fingerprint density at radius 1 is 1.08 bits per heavy atom. The van der Waals surface area contributed by atoms with Gasteiger partial charge in [-0.1, -0.05) is 35.3 Å². The first-order chi connectivity index (χ1) is 11.9. The number of anilines is 2. The van der Waals surface area contributed by atoms with E-state index in [-0.39, 0.29) is 16.5 Å². The minimum Gasteiger partial charge on any atom is -0.326 e. The summed E-state index contributed by atoms with van der Waals surface area (Å²) >= 11 is 11.8. The van der Waals surface area contributed by atoms with Gasteiger partial charge < -0.3 is 10.6 Å². The topological polar surface area (TPSA) is 82.0 Å². The third-order valence-corrected chi connectivity index (χ3v) is 3.63. The number of carbonyl (C=O) groups is 2. The van der Waals surface area contributed by atoms with Crippen molar-refractivity contribution in [3.05, 3.63) is 63.6 Å². The molecule has 2 amide bonds. The van der Waals surface area contributed by atoms with Gasteiger partial charge in [0.1, 0.15) is 11.6 Å². The lowest BCUT2D eigenvalue weighted by atomic mass is 10.1. The fourth-order valence-corrected chi connectivity index (χ4v) is 2.42. The monoisotopic (exact) mass is 373 g/mol. The number of amides is 2. The van der Waals surface area contributed by atoms with Gasteiger partial charge in [0, 0.05) is 17.6 Å². The predicted octanol–water partition coefficient (Wildman–Crippen LogP) is 4.50. The van der Waals surface area contributed by atoms with Crippen molar-refractivity contribution >= 4 is 52.5 Å². The van der Waals surface area contributed by atoms with E-state index in [1.165, 1.54) is 19.1 Å². The lowest BCUT2D eigenvalue weighted by Gasteiger charge is -2.07. The molecule has 5 nitrogen and oxygen atoms in total. The maximum Gasteiger partial charge on any atom is 0.266 e. The lowest BCUT2D eigenvalue weighted by molar-refractivity contribution is -0.114. The Morgan fingerprint density at radius 3 is 2.32 bits per heavy atom. The van der Waals surface area contributed by atoms with Gasteiger partial charge in [0.2, 0.25) is 5.91 Å². The van der Waals surface area contributed by atoms with E-state index in [0.717, 1.165) is 0 Å². The number of halogens is 2. The number of nitrogens with zero attached hydrogens (tertiary/aromatic N) is 1. The van der Waals surface area contributed by atoms with Crippen LogP contribution in [0.2, 0.25) is 10.0 Å². The zero-order valence-electron chi connectivity index (χ0n) is 13.1. The highest BCUT2D eigenvalue weighted by Crippen LogP contribution is 2.25. The van der Waals surface area contributed by atoms with Crippen LogP contribution >= 0.6 is 23.2 Å². The smallest absolute Gasteiger partial charge is 0.266 e. The quantitative estimate of drug-likeness (QED) is 0.611. The van der Waals surface area contributed by atoms with Crippen LogP contribution in [0.3, 0.4) is 0 Å². The zero-order valence-corrected chi connectivity index (χ0v) is 14.7. The molecule has 126 valence electrons. The van der Waals surface area contributed by atoms with Crippen LogP contribution in [0.1, 0.15) is 12.5 Å². The van der Waals surface area contributed by atoms with E-state index in [1.54, 1.807) is 36.4 Å². The molecule has 0 spiro atoms. The first-order valence-corrected chi connectivity index (χ1v) is 7.90. The van der Waals surface area contributed by atoms with Crippen molar-refractivity contribution in [2.45, 2.75) is 6.92 Å². The number of hydrogen-bond donors (Lipinski definition) is 2.